The highest BCUT2D eigenvalue weighted by atomic mass is 32.2. The minimum atomic E-state index is -0.733. The summed E-state index contributed by atoms with van der Waals surface area (Å²) < 4.78 is 1.74. The fraction of sp³-hybridized carbons (Fsp3) is 0.556. The average Bonchev–Trinajstić information content (AvgIpc) is 2.48. The van der Waals surface area contributed by atoms with Gasteiger partial charge in [-0.05, 0) is 6.42 Å². The van der Waals surface area contributed by atoms with E-state index in [0.29, 0.717) is 11.7 Å². The van der Waals surface area contributed by atoms with E-state index in [-0.39, 0.29) is 6.42 Å². The van der Waals surface area contributed by atoms with Gasteiger partial charge in [-0.3, -0.25) is 9.48 Å². The molecule has 0 aliphatic rings. The molecule has 0 saturated carbocycles. The van der Waals surface area contributed by atoms with E-state index in [2.05, 4.69) is 5.10 Å². The summed E-state index contributed by atoms with van der Waals surface area (Å²) in [7, 11) is 1.87. The molecule has 0 fully saturated rings. The van der Waals surface area contributed by atoms with E-state index in [1.165, 1.54) is 0 Å². The molecule has 1 N–H and O–H groups in total. The summed E-state index contributed by atoms with van der Waals surface area (Å²) in [5.41, 5.74) is 0. The molecule has 14 heavy (non-hydrogen) atoms. The van der Waals surface area contributed by atoms with E-state index in [1.54, 1.807) is 22.6 Å². The lowest BCUT2D eigenvalue weighted by Crippen LogP contribution is -2.01. The smallest absolute Gasteiger partial charge is 0.303 e. The molecule has 1 atom stereocenters. The third kappa shape index (κ3) is 3.83. The summed E-state index contributed by atoms with van der Waals surface area (Å²) in [6, 6.07) is 0. The van der Waals surface area contributed by atoms with Crippen molar-refractivity contribution in [2.45, 2.75) is 29.9 Å². The third-order valence-electron chi connectivity index (χ3n) is 1.78. The second kappa shape index (κ2) is 5.05. The second-order valence-electron chi connectivity index (χ2n) is 3.21. The zero-order chi connectivity index (χ0) is 10.6. The van der Waals surface area contributed by atoms with Crippen molar-refractivity contribution in [3.05, 3.63) is 12.4 Å². The minimum Gasteiger partial charge on any atom is -0.481 e. The molecule has 1 unspecified atom stereocenters. The van der Waals surface area contributed by atoms with Crippen LogP contribution in [0.5, 0.6) is 0 Å². The largest absolute Gasteiger partial charge is 0.481 e. The van der Waals surface area contributed by atoms with Gasteiger partial charge in [-0.2, -0.15) is 5.10 Å². The SMILES string of the molecule is CC(CCC(=O)O)Sc1cnn(C)c1. The normalized spacial score (nSPS) is 12.7. The number of hydrogen-bond donors (Lipinski definition) is 1. The molecule has 78 valence electrons. The lowest BCUT2D eigenvalue weighted by molar-refractivity contribution is -0.137. The molecule has 0 bridgehead atoms. The average molecular weight is 214 g/mol. The highest BCUT2D eigenvalue weighted by Gasteiger charge is 2.07. The summed E-state index contributed by atoms with van der Waals surface area (Å²) in [5, 5.41) is 12.9. The molecule has 0 amide bonds. The van der Waals surface area contributed by atoms with Crippen LogP contribution in [0, 0.1) is 0 Å². The molecule has 1 heterocycles. The molecule has 0 aliphatic heterocycles. The number of nitrogens with zero attached hydrogens (tertiary/aromatic N) is 2. The molecule has 4 nitrogen and oxygen atoms in total. The number of aliphatic carboxylic acids is 1. The predicted octanol–water partition coefficient (Wildman–Crippen LogP) is 1.77. The number of hydrogen-bond acceptors (Lipinski definition) is 3. The molecule has 0 aliphatic carbocycles. The van der Waals surface area contributed by atoms with Crippen molar-refractivity contribution in [3.8, 4) is 0 Å². The van der Waals surface area contributed by atoms with Crippen molar-refractivity contribution < 1.29 is 9.90 Å². The Kier molecular flexibility index (Phi) is 4.00. The van der Waals surface area contributed by atoms with Gasteiger partial charge in [-0.25, -0.2) is 0 Å². The first kappa shape index (κ1) is 11.1. The first-order valence-corrected chi connectivity index (χ1v) is 5.33. The number of aryl methyl sites for hydroxylation is 1. The standard InChI is InChI=1S/C9H14N2O2S/c1-7(3-4-9(12)13)14-8-5-10-11(2)6-8/h5-7H,3-4H2,1-2H3,(H,12,13). The molecule has 0 spiro atoms. The highest BCUT2D eigenvalue weighted by molar-refractivity contribution is 7.99. The van der Waals surface area contributed by atoms with Gasteiger partial charge in [-0.15, -0.1) is 11.8 Å². The topological polar surface area (TPSA) is 55.1 Å². The Bertz CT molecular complexity index is 312. The molecule has 0 aromatic carbocycles. The number of carboxylic acids is 1. The first-order chi connectivity index (χ1) is 6.58. The van der Waals surface area contributed by atoms with E-state index in [9.17, 15) is 4.79 Å². The van der Waals surface area contributed by atoms with Crippen LogP contribution >= 0.6 is 11.8 Å². The van der Waals surface area contributed by atoms with Crippen LogP contribution in [0.1, 0.15) is 19.8 Å². The monoisotopic (exact) mass is 214 g/mol. The quantitative estimate of drug-likeness (QED) is 0.759. The molecule has 1 aromatic rings. The van der Waals surface area contributed by atoms with Gasteiger partial charge in [0.15, 0.2) is 0 Å². The second-order valence-corrected chi connectivity index (χ2v) is 4.72. The highest BCUT2D eigenvalue weighted by Crippen LogP contribution is 2.24. The summed E-state index contributed by atoms with van der Waals surface area (Å²) >= 11 is 1.66. The van der Waals surface area contributed by atoms with Crippen LogP contribution in [-0.4, -0.2) is 26.1 Å². The lowest BCUT2D eigenvalue weighted by Gasteiger charge is -2.06. The van der Waals surface area contributed by atoms with Gasteiger partial charge in [0, 0.05) is 29.8 Å². The Morgan fingerprint density at radius 1 is 1.79 bits per heavy atom. The number of aromatic nitrogens is 2. The molecular formula is C9H14N2O2S. The Balaban J connectivity index is 2.33. The Labute approximate surface area is 87.3 Å². The zero-order valence-corrected chi connectivity index (χ0v) is 9.12. The van der Waals surface area contributed by atoms with Crippen molar-refractivity contribution in [2.24, 2.45) is 7.05 Å². The van der Waals surface area contributed by atoms with Gasteiger partial charge in [0.2, 0.25) is 0 Å². The van der Waals surface area contributed by atoms with Crippen molar-refractivity contribution in [1.29, 1.82) is 0 Å². The van der Waals surface area contributed by atoms with Gasteiger partial charge in [0.25, 0.3) is 0 Å². The van der Waals surface area contributed by atoms with E-state index >= 15 is 0 Å². The lowest BCUT2D eigenvalue weighted by atomic mass is 10.2. The van der Waals surface area contributed by atoms with E-state index in [1.807, 2.05) is 20.2 Å². The van der Waals surface area contributed by atoms with Gasteiger partial charge >= 0.3 is 5.97 Å². The number of carboxylic acid groups (broad SMARTS) is 1. The van der Waals surface area contributed by atoms with Crippen molar-refractivity contribution >= 4 is 17.7 Å². The predicted molar refractivity (Wildman–Crippen MR) is 55.4 cm³/mol. The summed E-state index contributed by atoms with van der Waals surface area (Å²) in [6.07, 6.45) is 4.65. The summed E-state index contributed by atoms with van der Waals surface area (Å²) in [4.78, 5) is 11.4. The van der Waals surface area contributed by atoms with E-state index < -0.39 is 5.97 Å². The van der Waals surface area contributed by atoms with Crippen molar-refractivity contribution in [3.63, 3.8) is 0 Å². The van der Waals surface area contributed by atoms with Gasteiger partial charge in [-0.1, -0.05) is 6.92 Å². The molecular weight excluding hydrogens is 200 g/mol. The fourth-order valence-corrected chi connectivity index (χ4v) is 2.10. The molecule has 1 rings (SSSR count). The minimum absolute atomic E-state index is 0.231. The van der Waals surface area contributed by atoms with Crippen molar-refractivity contribution in [2.75, 3.05) is 0 Å². The number of thioether (sulfide) groups is 1. The van der Waals surface area contributed by atoms with E-state index in [4.69, 9.17) is 5.11 Å². The molecule has 0 saturated heterocycles. The van der Waals surface area contributed by atoms with E-state index in [0.717, 1.165) is 4.90 Å². The zero-order valence-electron chi connectivity index (χ0n) is 8.30. The molecule has 5 heteroatoms. The Morgan fingerprint density at radius 2 is 2.50 bits per heavy atom. The van der Waals surface area contributed by atoms with Crippen LogP contribution in [0.15, 0.2) is 17.3 Å². The van der Waals surface area contributed by atoms with Crippen LogP contribution in [0.2, 0.25) is 0 Å². The van der Waals surface area contributed by atoms with Gasteiger partial charge < -0.3 is 5.11 Å². The van der Waals surface area contributed by atoms with Crippen LogP contribution in [0.3, 0.4) is 0 Å². The Hall–Kier alpha value is -0.970. The van der Waals surface area contributed by atoms with Crippen LogP contribution in [0.4, 0.5) is 0 Å². The number of carbonyl (C=O) groups is 1. The fourth-order valence-electron chi connectivity index (χ4n) is 1.08. The maximum absolute atomic E-state index is 10.3. The van der Waals surface area contributed by atoms with Crippen LogP contribution in [-0.2, 0) is 11.8 Å². The van der Waals surface area contributed by atoms with Gasteiger partial charge in [0.1, 0.15) is 0 Å². The van der Waals surface area contributed by atoms with Crippen molar-refractivity contribution in [1.82, 2.24) is 9.78 Å². The first-order valence-electron chi connectivity index (χ1n) is 4.45. The Morgan fingerprint density at radius 3 is 3.00 bits per heavy atom. The molecule has 1 aromatic heterocycles. The molecule has 0 radical (unpaired) electrons. The maximum Gasteiger partial charge on any atom is 0.303 e. The van der Waals surface area contributed by atoms with Crippen LogP contribution in [0.25, 0.3) is 0 Å². The summed E-state index contributed by atoms with van der Waals surface area (Å²) in [6.45, 7) is 2.03. The van der Waals surface area contributed by atoms with Crippen LogP contribution < -0.4 is 0 Å². The van der Waals surface area contributed by atoms with Gasteiger partial charge in [0.05, 0.1) is 6.20 Å². The summed E-state index contributed by atoms with van der Waals surface area (Å²) in [5.74, 6) is -0.733. The number of rotatable bonds is 5. The maximum atomic E-state index is 10.3. The third-order valence-corrected chi connectivity index (χ3v) is 2.90.